The van der Waals surface area contributed by atoms with Crippen LogP contribution in [-0.2, 0) is 14.3 Å². The zero-order chi connectivity index (χ0) is 11.9. The molecular formula is C10H19NO4. The van der Waals surface area contributed by atoms with Crippen LogP contribution < -0.4 is 5.32 Å². The van der Waals surface area contributed by atoms with Crippen LogP contribution in [0.4, 0.5) is 0 Å². The minimum atomic E-state index is -1.14. The number of rotatable bonds is 7. The highest BCUT2D eigenvalue weighted by molar-refractivity contribution is 5.81. The molecule has 5 heteroatoms. The standard InChI is InChI=1S/C10H19NO4/c1-10(2,7-15-3)8(13)9(14)11-5-4-6-12/h6,8,13H,4-5,7H2,1-3H3,(H,11,14). The van der Waals surface area contributed by atoms with E-state index in [2.05, 4.69) is 5.32 Å². The molecule has 1 atom stereocenters. The average Bonchev–Trinajstić information content (AvgIpc) is 2.16. The molecule has 2 N–H and O–H groups in total. The SMILES string of the molecule is COCC(C)(C)C(O)C(=O)NCCC=O. The van der Waals surface area contributed by atoms with Gasteiger partial charge in [0, 0.05) is 25.5 Å². The molecule has 0 saturated carbocycles. The van der Waals surface area contributed by atoms with E-state index >= 15 is 0 Å². The summed E-state index contributed by atoms with van der Waals surface area (Å²) in [5.74, 6) is -0.473. The molecule has 0 aliphatic heterocycles. The molecule has 15 heavy (non-hydrogen) atoms. The van der Waals surface area contributed by atoms with E-state index in [1.165, 1.54) is 7.11 Å². The lowest BCUT2D eigenvalue weighted by atomic mass is 9.87. The fourth-order valence-corrected chi connectivity index (χ4v) is 1.16. The Morgan fingerprint density at radius 1 is 1.60 bits per heavy atom. The Morgan fingerprint density at radius 2 is 2.20 bits per heavy atom. The van der Waals surface area contributed by atoms with E-state index in [4.69, 9.17) is 4.74 Å². The molecule has 0 bridgehead atoms. The van der Waals surface area contributed by atoms with Crippen LogP contribution in [0.25, 0.3) is 0 Å². The Balaban J connectivity index is 4.11. The van der Waals surface area contributed by atoms with Crippen LogP contribution in [0, 0.1) is 5.41 Å². The maximum absolute atomic E-state index is 11.4. The highest BCUT2D eigenvalue weighted by Crippen LogP contribution is 2.20. The van der Waals surface area contributed by atoms with Crippen molar-refractivity contribution in [3.05, 3.63) is 0 Å². The third-order valence-electron chi connectivity index (χ3n) is 2.07. The lowest BCUT2D eigenvalue weighted by molar-refractivity contribution is -0.137. The monoisotopic (exact) mass is 217 g/mol. The molecule has 0 fully saturated rings. The van der Waals surface area contributed by atoms with Crippen LogP contribution in [-0.4, -0.2) is 43.7 Å². The molecule has 0 spiro atoms. The number of amides is 1. The van der Waals surface area contributed by atoms with Gasteiger partial charge in [0.1, 0.15) is 12.4 Å². The van der Waals surface area contributed by atoms with E-state index in [1.807, 2.05) is 0 Å². The van der Waals surface area contributed by atoms with Crippen molar-refractivity contribution < 1.29 is 19.4 Å². The van der Waals surface area contributed by atoms with Gasteiger partial charge in [-0.3, -0.25) is 4.79 Å². The fourth-order valence-electron chi connectivity index (χ4n) is 1.16. The molecule has 1 unspecified atom stereocenters. The van der Waals surface area contributed by atoms with Crippen LogP contribution in [0.1, 0.15) is 20.3 Å². The number of hydrogen-bond donors (Lipinski definition) is 2. The number of hydrogen-bond acceptors (Lipinski definition) is 4. The van der Waals surface area contributed by atoms with Crippen molar-refractivity contribution in [1.29, 1.82) is 0 Å². The Bertz CT molecular complexity index is 215. The van der Waals surface area contributed by atoms with Gasteiger partial charge in [-0.2, -0.15) is 0 Å². The molecular weight excluding hydrogens is 198 g/mol. The molecule has 0 aliphatic carbocycles. The summed E-state index contributed by atoms with van der Waals surface area (Å²) in [5, 5.41) is 12.2. The van der Waals surface area contributed by atoms with Crippen molar-refractivity contribution in [2.75, 3.05) is 20.3 Å². The number of nitrogens with one attached hydrogen (secondary N) is 1. The summed E-state index contributed by atoms with van der Waals surface area (Å²) in [6.45, 7) is 4.01. The molecule has 0 saturated heterocycles. The number of carbonyl (C=O) groups is 2. The van der Waals surface area contributed by atoms with Crippen LogP contribution in [0.2, 0.25) is 0 Å². The second-order valence-corrected chi connectivity index (χ2v) is 4.07. The molecule has 5 nitrogen and oxygen atoms in total. The molecule has 0 aromatic heterocycles. The zero-order valence-corrected chi connectivity index (χ0v) is 9.45. The van der Waals surface area contributed by atoms with Gasteiger partial charge in [-0.25, -0.2) is 0 Å². The number of methoxy groups -OCH3 is 1. The lowest BCUT2D eigenvalue weighted by Gasteiger charge is -2.28. The fraction of sp³-hybridized carbons (Fsp3) is 0.800. The van der Waals surface area contributed by atoms with E-state index in [1.54, 1.807) is 13.8 Å². The van der Waals surface area contributed by atoms with E-state index in [-0.39, 0.29) is 19.6 Å². The number of aliphatic hydroxyl groups is 1. The molecule has 88 valence electrons. The maximum atomic E-state index is 11.4. The van der Waals surface area contributed by atoms with Crippen molar-refractivity contribution in [3.63, 3.8) is 0 Å². The number of ether oxygens (including phenoxy) is 1. The average molecular weight is 217 g/mol. The maximum Gasteiger partial charge on any atom is 0.249 e. The highest BCUT2D eigenvalue weighted by atomic mass is 16.5. The van der Waals surface area contributed by atoms with Crippen LogP contribution in [0.15, 0.2) is 0 Å². The number of aldehydes is 1. The van der Waals surface area contributed by atoms with E-state index < -0.39 is 17.4 Å². The zero-order valence-electron chi connectivity index (χ0n) is 9.45. The summed E-state index contributed by atoms with van der Waals surface area (Å²) >= 11 is 0. The predicted octanol–water partition coefficient (Wildman–Crippen LogP) is -0.275. The van der Waals surface area contributed by atoms with E-state index in [9.17, 15) is 14.7 Å². The minimum Gasteiger partial charge on any atom is -0.384 e. The van der Waals surface area contributed by atoms with Crippen molar-refractivity contribution >= 4 is 12.2 Å². The van der Waals surface area contributed by atoms with E-state index in [0.29, 0.717) is 6.29 Å². The quantitative estimate of drug-likeness (QED) is 0.454. The van der Waals surface area contributed by atoms with Gasteiger partial charge in [0.15, 0.2) is 0 Å². The highest BCUT2D eigenvalue weighted by Gasteiger charge is 2.33. The molecule has 0 radical (unpaired) electrons. The Morgan fingerprint density at radius 3 is 2.67 bits per heavy atom. The number of aliphatic hydroxyl groups excluding tert-OH is 1. The topological polar surface area (TPSA) is 75.6 Å². The van der Waals surface area contributed by atoms with Crippen molar-refractivity contribution in [1.82, 2.24) is 5.32 Å². The third kappa shape index (κ3) is 4.90. The summed E-state index contributed by atoms with van der Waals surface area (Å²) in [7, 11) is 1.51. The van der Waals surface area contributed by atoms with Gasteiger partial charge in [0.2, 0.25) is 5.91 Å². The Hall–Kier alpha value is -0.940. The van der Waals surface area contributed by atoms with Crippen molar-refractivity contribution in [3.8, 4) is 0 Å². The van der Waals surface area contributed by atoms with Crippen molar-refractivity contribution in [2.45, 2.75) is 26.4 Å². The minimum absolute atomic E-state index is 0.252. The second-order valence-electron chi connectivity index (χ2n) is 4.07. The number of carbonyl (C=O) groups excluding carboxylic acids is 2. The largest absolute Gasteiger partial charge is 0.384 e. The van der Waals surface area contributed by atoms with Crippen LogP contribution in [0.5, 0.6) is 0 Å². The molecule has 0 aromatic rings. The van der Waals surface area contributed by atoms with Crippen LogP contribution in [0.3, 0.4) is 0 Å². The van der Waals surface area contributed by atoms with Gasteiger partial charge in [-0.15, -0.1) is 0 Å². The Kier molecular flexibility index (Phi) is 6.12. The summed E-state index contributed by atoms with van der Waals surface area (Å²) in [5.41, 5.74) is -0.639. The first-order valence-corrected chi connectivity index (χ1v) is 4.84. The second kappa shape index (κ2) is 6.53. The van der Waals surface area contributed by atoms with Gasteiger partial charge in [-0.05, 0) is 0 Å². The normalized spacial score (nSPS) is 13.3. The molecule has 0 rings (SSSR count). The van der Waals surface area contributed by atoms with E-state index in [0.717, 1.165) is 0 Å². The van der Waals surface area contributed by atoms with Gasteiger partial charge < -0.3 is 20.0 Å². The predicted molar refractivity (Wildman–Crippen MR) is 55.4 cm³/mol. The van der Waals surface area contributed by atoms with Gasteiger partial charge >= 0.3 is 0 Å². The van der Waals surface area contributed by atoms with Crippen LogP contribution >= 0.6 is 0 Å². The Labute approximate surface area is 89.8 Å². The summed E-state index contributed by atoms with van der Waals surface area (Å²) in [6, 6.07) is 0. The summed E-state index contributed by atoms with van der Waals surface area (Å²) < 4.78 is 4.91. The van der Waals surface area contributed by atoms with Gasteiger partial charge in [0.25, 0.3) is 0 Å². The third-order valence-corrected chi connectivity index (χ3v) is 2.07. The first kappa shape index (κ1) is 14.1. The first-order chi connectivity index (χ1) is 6.95. The van der Waals surface area contributed by atoms with Gasteiger partial charge in [-0.1, -0.05) is 13.8 Å². The smallest absolute Gasteiger partial charge is 0.249 e. The van der Waals surface area contributed by atoms with Gasteiger partial charge in [0.05, 0.1) is 6.61 Å². The molecule has 0 heterocycles. The molecule has 0 aromatic carbocycles. The molecule has 0 aliphatic rings. The lowest BCUT2D eigenvalue weighted by Crippen LogP contribution is -2.46. The first-order valence-electron chi connectivity index (χ1n) is 4.84. The van der Waals surface area contributed by atoms with Crippen molar-refractivity contribution in [2.24, 2.45) is 5.41 Å². The summed E-state index contributed by atoms with van der Waals surface area (Å²) in [6.07, 6.45) is -0.167. The summed E-state index contributed by atoms with van der Waals surface area (Å²) in [4.78, 5) is 21.4. The molecule has 1 amide bonds.